The Morgan fingerprint density at radius 3 is 1.23 bits per heavy atom. The van der Waals surface area contributed by atoms with E-state index in [0.29, 0.717) is 19.3 Å². The first-order valence-electron chi connectivity index (χ1n) is 28.0. The number of unbranched alkanes of at least 4 members (excludes halogenated alkanes) is 28. The summed E-state index contributed by atoms with van der Waals surface area (Å²) in [4.78, 5) is 26.2. The normalized spacial score (nSPS) is 13.6. The van der Waals surface area contributed by atoms with E-state index in [9.17, 15) is 19.8 Å². The lowest BCUT2D eigenvalue weighted by Gasteiger charge is -2.24. The van der Waals surface area contributed by atoms with E-state index in [0.717, 1.165) is 83.5 Å². The van der Waals surface area contributed by atoms with E-state index in [4.69, 9.17) is 4.74 Å². The zero-order valence-electron chi connectivity index (χ0n) is 43.1. The fourth-order valence-corrected chi connectivity index (χ4v) is 8.41. The maximum Gasteiger partial charge on any atom is 0.306 e. The lowest BCUT2D eigenvalue weighted by Crippen LogP contribution is -2.46. The molecule has 0 bridgehead atoms. The number of amides is 1. The number of esters is 1. The zero-order chi connectivity index (χ0) is 47.4. The molecule has 0 fully saturated rings. The lowest BCUT2D eigenvalue weighted by atomic mass is 10.0. The molecule has 0 aliphatic rings. The standard InChI is InChI=1S/C59H107NO5/c1-4-7-10-13-16-19-22-25-27-29-30-33-35-38-41-44-47-50-55(65-59(64)52-49-46-43-40-37-34-31-28-26-23-20-17-14-11-8-5-2)53-58(63)60-56(54-61)57(62)51-48-45-42-39-36-32-24-21-18-15-12-9-6-3/h7,10,16,19,25,27,30,33,38,41,55-57,61-62H,4-6,8-9,11-15,17-18,20-24,26,28-29,31-32,34-37,39-40,42-54H2,1-3H3,(H,60,63)/b10-7-,19-16-,27-25-,33-30-,41-38-. The van der Waals surface area contributed by atoms with Crippen LogP contribution in [0.25, 0.3) is 0 Å². The van der Waals surface area contributed by atoms with Crippen LogP contribution in [-0.4, -0.2) is 46.9 Å². The molecular weight excluding hydrogens is 803 g/mol. The summed E-state index contributed by atoms with van der Waals surface area (Å²) in [5.74, 6) is -0.521. The highest BCUT2D eigenvalue weighted by atomic mass is 16.5. The van der Waals surface area contributed by atoms with Gasteiger partial charge in [-0.2, -0.15) is 0 Å². The first kappa shape index (κ1) is 62.6. The number of ether oxygens (including phenoxy) is 1. The van der Waals surface area contributed by atoms with Crippen molar-refractivity contribution in [2.24, 2.45) is 0 Å². The molecule has 0 saturated heterocycles. The third-order valence-corrected chi connectivity index (χ3v) is 12.6. The summed E-state index contributed by atoms with van der Waals surface area (Å²) in [6.45, 7) is 6.37. The monoisotopic (exact) mass is 910 g/mol. The molecule has 65 heavy (non-hydrogen) atoms. The van der Waals surface area contributed by atoms with Crippen molar-refractivity contribution in [1.82, 2.24) is 5.32 Å². The average Bonchev–Trinajstić information content (AvgIpc) is 3.30. The van der Waals surface area contributed by atoms with Crippen LogP contribution < -0.4 is 5.32 Å². The van der Waals surface area contributed by atoms with Gasteiger partial charge in [0.15, 0.2) is 0 Å². The Bertz CT molecular complexity index is 1160. The smallest absolute Gasteiger partial charge is 0.306 e. The van der Waals surface area contributed by atoms with Crippen molar-refractivity contribution in [3.63, 3.8) is 0 Å². The second kappa shape index (κ2) is 52.5. The highest BCUT2D eigenvalue weighted by Gasteiger charge is 2.24. The van der Waals surface area contributed by atoms with Gasteiger partial charge in [-0.15, -0.1) is 0 Å². The summed E-state index contributed by atoms with van der Waals surface area (Å²) in [6.07, 6.45) is 65.7. The number of hydrogen-bond acceptors (Lipinski definition) is 5. The molecule has 0 aliphatic heterocycles. The number of aliphatic hydroxyl groups is 2. The van der Waals surface area contributed by atoms with Crippen molar-refractivity contribution < 1.29 is 24.5 Å². The minimum Gasteiger partial charge on any atom is -0.462 e. The fourth-order valence-electron chi connectivity index (χ4n) is 8.41. The van der Waals surface area contributed by atoms with E-state index in [1.54, 1.807) is 0 Å². The van der Waals surface area contributed by atoms with Crippen LogP contribution in [0, 0.1) is 0 Å². The van der Waals surface area contributed by atoms with Crippen molar-refractivity contribution in [2.45, 2.75) is 296 Å². The molecule has 378 valence electrons. The number of nitrogens with one attached hydrogen (secondary N) is 1. The number of hydrogen-bond donors (Lipinski definition) is 3. The number of aliphatic hydroxyl groups excluding tert-OH is 2. The molecule has 6 nitrogen and oxygen atoms in total. The molecule has 0 aliphatic carbocycles. The molecular formula is C59H107NO5. The van der Waals surface area contributed by atoms with Gasteiger partial charge in [0.2, 0.25) is 5.91 Å². The van der Waals surface area contributed by atoms with Crippen LogP contribution in [0.5, 0.6) is 0 Å². The predicted octanol–water partition coefficient (Wildman–Crippen LogP) is 17.2. The van der Waals surface area contributed by atoms with Gasteiger partial charge in [-0.3, -0.25) is 9.59 Å². The Labute approximate surface area is 403 Å². The summed E-state index contributed by atoms with van der Waals surface area (Å²) in [6, 6.07) is -0.720. The van der Waals surface area contributed by atoms with Crippen molar-refractivity contribution in [3.05, 3.63) is 60.8 Å². The highest BCUT2D eigenvalue weighted by Crippen LogP contribution is 2.18. The zero-order valence-corrected chi connectivity index (χ0v) is 43.1. The summed E-state index contributed by atoms with van der Waals surface area (Å²) in [5.41, 5.74) is 0. The fraction of sp³-hybridized carbons (Fsp3) is 0.797. The van der Waals surface area contributed by atoms with Crippen molar-refractivity contribution >= 4 is 11.9 Å². The molecule has 0 aromatic heterocycles. The number of allylic oxidation sites excluding steroid dienone is 10. The van der Waals surface area contributed by atoms with Gasteiger partial charge in [-0.25, -0.2) is 0 Å². The van der Waals surface area contributed by atoms with E-state index in [-0.39, 0.29) is 24.9 Å². The van der Waals surface area contributed by atoms with Gasteiger partial charge in [-0.1, -0.05) is 261 Å². The van der Waals surface area contributed by atoms with Crippen molar-refractivity contribution in [2.75, 3.05) is 6.61 Å². The van der Waals surface area contributed by atoms with Crippen LogP contribution in [0.2, 0.25) is 0 Å². The van der Waals surface area contributed by atoms with E-state index in [1.165, 1.54) is 148 Å². The van der Waals surface area contributed by atoms with Crippen LogP contribution in [0.4, 0.5) is 0 Å². The minimum absolute atomic E-state index is 0.0400. The summed E-state index contributed by atoms with van der Waals surface area (Å²) in [7, 11) is 0. The molecule has 0 spiro atoms. The van der Waals surface area contributed by atoms with Gasteiger partial charge in [0.05, 0.1) is 25.2 Å². The SMILES string of the molecule is CC/C=C\C/C=C\C/C=C\C/C=C\C/C=C\CCCC(CC(=O)NC(CO)C(O)CCCCCCCCCCCCCCC)OC(=O)CCCCCCCCCCCCCCCCCC. The number of carbonyl (C=O) groups excluding carboxylic acids is 2. The van der Waals surface area contributed by atoms with Crippen molar-refractivity contribution in [3.8, 4) is 0 Å². The molecule has 3 unspecified atom stereocenters. The Balaban J connectivity index is 4.66. The van der Waals surface area contributed by atoms with Crippen LogP contribution in [-0.2, 0) is 14.3 Å². The first-order chi connectivity index (χ1) is 32.0. The largest absolute Gasteiger partial charge is 0.462 e. The van der Waals surface area contributed by atoms with Crippen molar-refractivity contribution in [1.29, 1.82) is 0 Å². The van der Waals surface area contributed by atoms with E-state index in [2.05, 4.69) is 86.8 Å². The van der Waals surface area contributed by atoms with E-state index >= 15 is 0 Å². The number of carbonyl (C=O) groups is 2. The number of rotatable bonds is 50. The molecule has 0 aromatic rings. The molecule has 0 aromatic carbocycles. The quantitative estimate of drug-likeness (QED) is 0.0321. The highest BCUT2D eigenvalue weighted by molar-refractivity contribution is 5.77. The van der Waals surface area contributed by atoms with Gasteiger partial charge in [0.25, 0.3) is 0 Å². The predicted molar refractivity (Wildman–Crippen MR) is 282 cm³/mol. The van der Waals surface area contributed by atoms with E-state index in [1.807, 2.05) is 0 Å². The Hall–Kier alpha value is -2.44. The Morgan fingerprint density at radius 2 is 0.831 bits per heavy atom. The average molecular weight is 911 g/mol. The van der Waals surface area contributed by atoms with Gasteiger partial charge in [-0.05, 0) is 64.2 Å². The molecule has 0 heterocycles. The maximum absolute atomic E-state index is 13.2. The maximum atomic E-state index is 13.2. The molecule has 0 radical (unpaired) electrons. The van der Waals surface area contributed by atoms with Gasteiger partial charge < -0.3 is 20.3 Å². The molecule has 3 N–H and O–H groups in total. The summed E-state index contributed by atoms with van der Waals surface area (Å²) >= 11 is 0. The van der Waals surface area contributed by atoms with Gasteiger partial charge in [0.1, 0.15) is 6.10 Å². The molecule has 0 saturated carbocycles. The first-order valence-corrected chi connectivity index (χ1v) is 28.0. The molecule has 0 rings (SSSR count). The lowest BCUT2D eigenvalue weighted by molar-refractivity contribution is -0.151. The topological polar surface area (TPSA) is 95.9 Å². The molecule has 6 heteroatoms. The van der Waals surface area contributed by atoms with E-state index < -0.39 is 18.2 Å². The Kier molecular flexibility index (Phi) is 50.6. The Morgan fingerprint density at radius 1 is 0.462 bits per heavy atom. The molecule has 3 atom stereocenters. The third-order valence-electron chi connectivity index (χ3n) is 12.6. The van der Waals surface area contributed by atoms with Crippen LogP contribution >= 0.6 is 0 Å². The summed E-state index contributed by atoms with van der Waals surface area (Å²) in [5, 5.41) is 23.8. The van der Waals surface area contributed by atoms with Gasteiger partial charge >= 0.3 is 5.97 Å². The summed E-state index contributed by atoms with van der Waals surface area (Å²) < 4.78 is 5.93. The third kappa shape index (κ3) is 47.8. The minimum atomic E-state index is -0.803. The molecule has 1 amide bonds. The van der Waals surface area contributed by atoms with Crippen LogP contribution in [0.3, 0.4) is 0 Å². The second-order valence-corrected chi connectivity index (χ2v) is 19.0. The van der Waals surface area contributed by atoms with Crippen LogP contribution in [0.15, 0.2) is 60.8 Å². The van der Waals surface area contributed by atoms with Gasteiger partial charge in [0, 0.05) is 6.42 Å². The second-order valence-electron chi connectivity index (χ2n) is 19.0. The van der Waals surface area contributed by atoms with Crippen LogP contribution in [0.1, 0.15) is 278 Å².